The number of ketones is 1. The summed E-state index contributed by atoms with van der Waals surface area (Å²) in [5, 5.41) is 2.85. The van der Waals surface area contributed by atoms with Crippen molar-refractivity contribution in [2.75, 3.05) is 13.7 Å². The Morgan fingerprint density at radius 3 is 2.57 bits per heavy atom. The molecule has 1 saturated heterocycles. The van der Waals surface area contributed by atoms with Crippen molar-refractivity contribution in [2.45, 2.75) is 70.9 Å². The van der Waals surface area contributed by atoms with E-state index in [1.807, 2.05) is 56.1 Å². The molecule has 37 heavy (non-hydrogen) atoms. The Hall–Kier alpha value is -3.11. The predicted molar refractivity (Wildman–Crippen MR) is 141 cm³/mol. The molecule has 0 bridgehead atoms. The van der Waals surface area contributed by atoms with E-state index in [-0.39, 0.29) is 41.6 Å². The lowest BCUT2D eigenvalue weighted by atomic mass is 9.64. The zero-order valence-electron chi connectivity index (χ0n) is 22.3. The maximum Gasteiger partial charge on any atom is 0.531 e. The van der Waals surface area contributed by atoms with E-state index in [9.17, 15) is 14.4 Å². The molecule has 1 aromatic heterocycles. The summed E-state index contributed by atoms with van der Waals surface area (Å²) in [6.45, 7) is 8.28. The number of nitrogens with one attached hydrogen (secondary N) is 1. The SMILES string of the molecule is CC(C)C[C@H](CC(=O)[C@H](Cc1ccccc1)NC(=O)c1cnccn1)B1OC[C@H](C)N(C)[C@H](C)C(=O)O1. The fourth-order valence-corrected chi connectivity index (χ4v) is 4.42. The quantitative estimate of drug-likeness (QED) is 0.488. The minimum absolute atomic E-state index is 0.0119. The summed E-state index contributed by atoms with van der Waals surface area (Å²) >= 11 is 0. The molecule has 1 fully saturated rings. The van der Waals surface area contributed by atoms with Crippen molar-refractivity contribution >= 4 is 24.8 Å². The number of Topliss-reactive ketones (excluding diaryl/α,β-unsaturated/α-hetero) is 1. The molecule has 0 radical (unpaired) electrons. The van der Waals surface area contributed by atoms with Crippen molar-refractivity contribution in [3.8, 4) is 0 Å². The van der Waals surface area contributed by atoms with Crippen LogP contribution in [-0.2, 0) is 25.3 Å². The molecule has 1 aromatic carbocycles. The number of nitrogens with zero attached hydrogens (tertiary/aromatic N) is 3. The second-order valence-electron chi connectivity index (χ2n) is 10.2. The van der Waals surface area contributed by atoms with Crippen LogP contribution in [0.5, 0.6) is 0 Å². The van der Waals surface area contributed by atoms with E-state index in [0.29, 0.717) is 19.4 Å². The average molecular weight is 508 g/mol. The Balaban J connectivity index is 1.82. The Labute approximate surface area is 219 Å². The lowest BCUT2D eigenvalue weighted by molar-refractivity contribution is -0.144. The molecule has 0 saturated carbocycles. The van der Waals surface area contributed by atoms with Gasteiger partial charge in [-0.15, -0.1) is 0 Å². The second-order valence-corrected chi connectivity index (χ2v) is 10.2. The summed E-state index contributed by atoms with van der Waals surface area (Å²) in [5.74, 6) is -1.12. The summed E-state index contributed by atoms with van der Waals surface area (Å²) in [5.41, 5.74) is 1.05. The van der Waals surface area contributed by atoms with Crippen molar-refractivity contribution < 1.29 is 23.7 Å². The van der Waals surface area contributed by atoms with Crippen LogP contribution in [0.3, 0.4) is 0 Å². The van der Waals surface area contributed by atoms with E-state index < -0.39 is 25.1 Å². The molecule has 1 aliphatic heterocycles. The number of amides is 1. The summed E-state index contributed by atoms with van der Waals surface area (Å²) in [7, 11) is 1.02. The van der Waals surface area contributed by atoms with E-state index in [1.165, 1.54) is 18.6 Å². The molecule has 1 aliphatic rings. The fraction of sp³-hybridized carbons (Fsp3) is 0.519. The highest BCUT2D eigenvalue weighted by Gasteiger charge is 2.41. The number of hydrogen-bond acceptors (Lipinski definition) is 8. The molecule has 10 heteroatoms. The Bertz CT molecular complexity index is 1040. The molecule has 2 heterocycles. The first-order chi connectivity index (χ1) is 17.7. The van der Waals surface area contributed by atoms with E-state index in [1.54, 1.807) is 0 Å². The smallest absolute Gasteiger partial charge is 0.508 e. The van der Waals surface area contributed by atoms with E-state index in [2.05, 4.69) is 29.1 Å². The van der Waals surface area contributed by atoms with Crippen LogP contribution in [0.2, 0.25) is 5.82 Å². The highest BCUT2D eigenvalue weighted by Crippen LogP contribution is 2.29. The molecule has 198 valence electrons. The number of benzene rings is 1. The molecule has 3 rings (SSSR count). The Kier molecular flexibility index (Phi) is 10.3. The van der Waals surface area contributed by atoms with Gasteiger partial charge in [0, 0.05) is 37.3 Å². The largest absolute Gasteiger partial charge is 0.531 e. The zero-order chi connectivity index (χ0) is 26.9. The molecule has 0 spiro atoms. The van der Waals surface area contributed by atoms with Crippen LogP contribution in [0.15, 0.2) is 48.9 Å². The number of carbonyl (C=O) groups excluding carboxylic acids is 3. The molecule has 0 aliphatic carbocycles. The van der Waals surface area contributed by atoms with Gasteiger partial charge in [-0.3, -0.25) is 24.3 Å². The lowest BCUT2D eigenvalue weighted by Gasteiger charge is -2.35. The van der Waals surface area contributed by atoms with Crippen LogP contribution in [-0.4, -0.2) is 71.4 Å². The van der Waals surface area contributed by atoms with Crippen molar-refractivity contribution in [3.63, 3.8) is 0 Å². The first-order valence-electron chi connectivity index (χ1n) is 12.8. The van der Waals surface area contributed by atoms with Crippen molar-refractivity contribution in [1.82, 2.24) is 20.2 Å². The van der Waals surface area contributed by atoms with Gasteiger partial charge in [-0.05, 0) is 45.2 Å². The van der Waals surface area contributed by atoms with Crippen LogP contribution in [0.1, 0.15) is 56.6 Å². The molecule has 4 atom stereocenters. The van der Waals surface area contributed by atoms with Gasteiger partial charge in [-0.25, -0.2) is 4.98 Å². The number of carbonyl (C=O) groups is 3. The lowest BCUT2D eigenvalue weighted by Crippen LogP contribution is -2.51. The Morgan fingerprint density at radius 2 is 1.92 bits per heavy atom. The van der Waals surface area contributed by atoms with Gasteiger partial charge >= 0.3 is 13.1 Å². The molecule has 9 nitrogen and oxygen atoms in total. The average Bonchev–Trinajstić information content (AvgIpc) is 2.89. The van der Waals surface area contributed by atoms with Gasteiger partial charge in [0.2, 0.25) is 0 Å². The maximum absolute atomic E-state index is 13.7. The summed E-state index contributed by atoms with van der Waals surface area (Å²) in [6.07, 6.45) is 5.31. The fourth-order valence-electron chi connectivity index (χ4n) is 4.42. The van der Waals surface area contributed by atoms with Crippen molar-refractivity contribution in [3.05, 3.63) is 60.2 Å². The van der Waals surface area contributed by atoms with Crippen LogP contribution in [0.25, 0.3) is 0 Å². The third kappa shape index (κ3) is 8.20. The van der Waals surface area contributed by atoms with Gasteiger partial charge in [0.1, 0.15) is 11.7 Å². The van der Waals surface area contributed by atoms with Gasteiger partial charge in [0.15, 0.2) is 5.78 Å². The van der Waals surface area contributed by atoms with E-state index in [0.717, 1.165) is 5.56 Å². The minimum Gasteiger partial charge on any atom is -0.508 e. The first kappa shape index (κ1) is 28.5. The predicted octanol–water partition coefficient (Wildman–Crippen LogP) is 2.96. The third-order valence-electron chi connectivity index (χ3n) is 6.78. The maximum atomic E-state index is 13.7. The number of rotatable bonds is 10. The molecule has 1 amide bonds. The van der Waals surface area contributed by atoms with Gasteiger partial charge in [0.05, 0.1) is 12.2 Å². The highest BCUT2D eigenvalue weighted by molar-refractivity contribution is 6.49. The number of hydrogen-bond donors (Lipinski definition) is 1. The molecule has 0 unspecified atom stereocenters. The van der Waals surface area contributed by atoms with Crippen LogP contribution in [0, 0.1) is 5.92 Å². The Morgan fingerprint density at radius 1 is 1.19 bits per heavy atom. The first-order valence-corrected chi connectivity index (χ1v) is 12.8. The molecule has 1 N–H and O–H groups in total. The summed E-state index contributed by atoms with van der Waals surface area (Å²) < 4.78 is 11.8. The molecular formula is C27H37BN4O5. The summed E-state index contributed by atoms with van der Waals surface area (Å²) in [4.78, 5) is 49.3. The second kappa shape index (κ2) is 13.4. The van der Waals surface area contributed by atoms with Gasteiger partial charge in [-0.1, -0.05) is 44.2 Å². The zero-order valence-corrected chi connectivity index (χ0v) is 22.3. The monoisotopic (exact) mass is 508 g/mol. The van der Waals surface area contributed by atoms with Crippen LogP contribution >= 0.6 is 0 Å². The van der Waals surface area contributed by atoms with E-state index >= 15 is 0 Å². The number of likely N-dealkylation sites (N-methyl/N-ethyl adjacent to an activating group) is 1. The van der Waals surface area contributed by atoms with Crippen LogP contribution < -0.4 is 5.32 Å². The van der Waals surface area contributed by atoms with Crippen molar-refractivity contribution in [1.29, 1.82) is 0 Å². The minimum atomic E-state index is -0.842. The van der Waals surface area contributed by atoms with Crippen molar-refractivity contribution in [2.24, 2.45) is 5.92 Å². The van der Waals surface area contributed by atoms with Gasteiger partial charge in [-0.2, -0.15) is 0 Å². The normalized spacial score (nSPS) is 20.5. The molecular weight excluding hydrogens is 471 g/mol. The van der Waals surface area contributed by atoms with Gasteiger partial charge in [0.25, 0.3) is 5.91 Å². The highest BCUT2D eigenvalue weighted by atomic mass is 16.6. The van der Waals surface area contributed by atoms with Crippen LogP contribution in [0.4, 0.5) is 0 Å². The summed E-state index contributed by atoms with van der Waals surface area (Å²) in [6, 6.07) is 8.32. The van der Waals surface area contributed by atoms with E-state index in [4.69, 9.17) is 9.31 Å². The van der Waals surface area contributed by atoms with Gasteiger partial charge < -0.3 is 14.6 Å². The molecule has 2 aromatic rings. The third-order valence-corrected chi connectivity index (χ3v) is 6.78. The topological polar surface area (TPSA) is 111 Å². The number of aromatic nitrogens is 2. The standard InChI is InChI=1S/C27H37BN4O5/c1-18(2)13-22(28-36-17-19(3)32(5)20(4)27(35)37-28)15-25(33)23(14-21-9-7-6-8-10-21)31-26(34)24-16-29-11-12-30-24/h6-12,16,18-20,22-23H,13-15,17H2,1-5H3,(H,31,34)/t19-,20+,22+,23-/m0/s1.